The number of hydrogen-bond acceptors (Lipinski definition) is 1. The molecule has 0 spiro atoms. The van der Waals surface area contributed by atoms with Crippen molar-refractivity contribution in [3.63, 3.8) is 0 Å². The quantitative estimate of drug-likeness (QED) is 0.271. The molecule has 0 aromatic heterocycles. The molecule has 0 aliphatic heterocycles. The average Bonchev–Trinajstić information content (AvgIpc) is 2.94. The first kappa shape index (κ1) is 27.8. The fraction of sp³-hybridized carbons (Fsp3) is 0.400. The highest BCUT2D eigenvalue weighted by Crippen LogP contribution is 2.50. The fourth-order valence-electron chi connectivity index (χ4n) is 7.42. The van der Waals surface area contributed by atoms with Gasteiger partial charge in [0.15, 0.2) is 0 Å². The fourth-order valence-corrected chi connectivity index (χ4v) is 7.42. The lowest BCUT2D eigenvalue weighted by Crippen LogP contribution is -2.34. The van der Waals surface area contributed by atoms with E-state index in [0.717, 1.165) is 11.4 Å². The Balaban J connectivity index is 1.28. The minimum Gasteiger partial charge on any atom is -0.356 e. The molecule has 0 atom stereocenters. The van der Waals surface area contributed by atoms with Crippen LogP contribution in [0.3, 0.4) is 0 Å². The molecule has 0 bridgehead atoms. The first-order chi connectivity index (χ1) is 19.3. The van der Waals surface area contributed by atoms with Crippen molar-refractivity contribution in [1.82, 2.24) is 0 Å². The lowest BCUT2D eigenvalue weighted by molar-refractivity contribution is 0.332. The molecule has 0 amide bonds. The normalized spacial score (nSPS) is 19.6. The van der Waals surface area contributed by atoms with Gasteiger partial charge in [-0.25, -0.2) is 0 Å². The van der Waals surface area contributed by atoms with Crippen molar-refractivity contribution in [1.29, 1.82) is 0 Å². The van der Waals surface area contributed by atoms with Crippen molar-refractivity contribution in [2.75, 3.05) is 5.32 Å². The molecular formula is C40H47N. The van der Waals surface area contributed by atoms with Crippen LogP contribution in [0.5, 0.6) is 0 Å². The zero-order valence-corrected chi connectivity index (χ0v) is 26.4. The van der Waals surface area contributed by atoms with Crippen molar-refractivity contribution in [2.45, 2.75) is 103 Å². The molecule has 41 heavy (non-hydrogen) atoms. The van der Waals surface area contributed by atoms with E-state index in [1.807, 2.05) is 0 Å². The lowest BCUT2D eigenvalue weighted by atomic mass is 9.61. The maximum Gasteiger partial charge on any atom is 0.0390 e. The molecule has 2 aliphatic rings. The summed E-state index contributed by atoms with van der Waals surface area (Å²) in [4.78, 5) is 0. The first-order valence-electron chi connectivity index (χ1n) is 15.5. The van der Waals surface area contributed by atoms with Crippen molar-refractivity contribution in [3.05, 3.63) is 107 Å². The second kappa shape index (κ2) is 9.62. The summed E-state index contributed by atoms with van der Waals surface area (Å²) in [6.07, 6.45) is 4.93. The van der Waals surface area contributed by atoms with E-state index in [1.165, 1.54) is 70.2 Å². The van der Waals surface area contributed by atoms with E-state index >= 15 is 0 Å². The van der Waals surface area contributed by atoms with Gasteiger partial charge in [-0.2, -0.15) is 0 Å². The minimum atomic E-state index is 0.169. The van der Waals surface area contributed by atoms with Gasteiger partial charge in [0.2, 0.25) is 0 Å². The minimum absolute atomic E-state index is 0.169. The Labute approximate surface area is 248 Å². The van der Waals surface area contributed by atoms with Gasteiger partial charge < -0.3 is 5.32 Å². The number of rotatable bonds is 4. The van der Waals surface area contributed by atoms with Gasteiger partial charge in [-0.15, -0.1) is 0 Å². The number of benzene rings is 4. The molecule has 0 saturated heterocycles. The Hall–Kier alpha value is -3.32. The molecule has 4 aromatic carbocycles. The van der Waals surface area contributed by atoms with Crippen molar-refractivity contribution >= 4 is 11.4 Å². The second-order valence-electron chi connectivity index (χ2n) is 15.3. The van der Waals surface area contributed by atoms with Gasteiger partial charge in [0.25, 0.3) is 0 Å². The van der Waals surface area contributed by atoms with Crippen molar-refractivity contribution in [3.8, 4) is 22.3 Å². The van der Waals surface area contributed by atoms with E-state index in [2.05, 4.69) is 146 Å². The van der Waals surface area contributed by atoms with Gasteiger partial charge in [0.05, 0.1) is 0 Å². The van der Waals surface area contributed by atoms with E-state index in [-0.39, 0.29) is 21.7 Å². The Kier molecular flexibility index (Phi) is 6.53. The maximum absolute atomic E-state index is 3.68. The predicted octanol–water partition coefficient (Wildman–Crippen LogP) is 11.5. The van der Waals surface area contributed by atoms with Gasteiger partial charge in [0, 0.05) is 11.4 Å². The predicted molar refractivity (Wildman–Crippen MR) is 178 cm³/mol. The molecule has 0 radical (unpaired) electrons. The molecule has 0 saturated carbocycles. The molecule has 1 N–H and O–H groups in total. The highest BCUT2D eigenvalue weighted by Gasteiger charge is 2.39. The smallest absolute Gasteiger partial charge is 0.0390 e. The average molecular weight is 542 g/mol. The summed E-state index contributed by atoms with van der Waals surface area (Å²) in [5, 5.41) is 3.68. The van der Waals surface area contributed by atoms with Crippen LogP contribution in [0.2, 0.25) is 0 Å². The summed E-state index contributed by atoms with van der Waals surface area (Å²) in [5.41, 5.74) is 14.4. The van der Waals surface area contributed by atoms with Crippen LogP contribution >= 0.6 is 0 Å². The molecule has 1 nitrogen and oxygen atoms in total. The van der Waals surface area contributed by atoms with Crippen LogP contribution in [0.4, 0.5) is 11.4 Å². The van der Waals surface area contributed by atoms with Crippen LogP contribution in [0.25, 0.3) is 22.3 Å². The lowest BCUT2D eigenvalue weighted by Gasteiger charge is -2.43. The van der Waals surface area contributed by atoms with Crippen LogP contribution < -0.4 is 5.32 Å². The van der Waals surface area contributed by atoms with E-state index in [1.54, 1.807) is 0 Å². The summed E-state index contributed by atoms with van der Waals surface area (Å²) >= 11 is 0. The summed E-state index contributed by atoms with van der Waals surface area (Å²) in [6, 6.07) is 32.0. The highest BCUT2D eigenvalue weighted by atomic mass is 14.9. The van der Waals surface area contributed by atoms with Crippen LogP contribution in [-0.4, -0.2) is 0 Å². The highest BCUT2D eigenvalue weighted by molar-refractivity contribution is 5.76. The van der Waals surface area contributed by atoms with Gasteiger partial charge >= 0.3 is 0 Å². The largest absolute Gasteiger partial charge is 0.356 e. The van der Waals surface area contributed by atoms with Gasteiger partial charge in [-0.3, -0.25) is 0 Å². The summed E-state index contributed by atoms with van der Waals surface area (Å²) in [7, 11) is 0. The third-order valence-corrected chi connectivity index (χ3v) is 10.4. The van der Waals surface area contributed by atoms with E-state index in [0.29, 0.717) is 0 Å². The Bertz CT molecular complexity index is 1600. The number of hydrogen-bond donors (Lipinski definition) is 1. The number of anilines is 2. The number of nitrogens with one attached hydrogen (secondary N) is 1. The maximum atomic E-state index is 3.68. The molecule has 212 valence electrons. The Morgan fingerprint density at radius 1 is 0.439 bits per heavy atom. The Morgan fingerprint density at radius 2 is 1.02 bits per heavy atom. The summed E-state index contributed by atoms with van der Waals surface area (Å²) in [6.45, 7) is 19.2. The molecule has 4 aromatic rings. The van der Waals surface area contributed by atoms with Gasteiger partial charge in [-0.05, 0) is 116 Å². The zero-order chi connectivity index (χ0) is 29.2. The molecule has 0 unspecified atom stereocenters. The molecule has 6 rings (SSSR count). The zero-order valence-electron chi connectivity index (χ0n) is 26.4. The summed E-state index contributed by atoms with van der Waals surface area (Å²) in [5.74, 6) is 0. The molecule has 2 aliphatic carbocycles. The molecular weight excluding hydrogens is 494 g/mol. The van der Waals surface area contributed by atoms with E-state index < -0.39 is 0 Å². The van der Waals surface area contributed by atoms with Crippen LogP contribution in [0, 0.1) is 0 Å². The Morgan fingerprint density at radius 3 is 1.73 bits per heavy atom. The SMILES string of the molecule is CC1(C)CCC(C)(C)c2cc(-c3ccc(Nc4cccc(-c5cccc6c5C(C)(C)CCC6(C)C)c4)cc3)ccc21. The van der Waals surface area contributed by atoms with E-state index in [9.17, 15) is 0 Å². The van der Waals surface area contributed by atoms with Gasteiger partial charge in [0.1, 0.15) is 0 Å². The molecule has 0 fully saturated rings. The topological polar surface area (TPSA) is 12.0 Å². The van der Waals surface area contributed by atoms with Crippen LogP contribution in [0.15, 0.2) is 84.9 Å². The van der Waals surface area contributed by atoms with Crippen LogP contribution in [0.1, 0.15) is 103 Å². The first-order valence-corrected chi connectivity index (χ1v) is 15.5. The number of fused-ring (bicyclic) bond motifs is 2. The standard InChI is InChI=1S/C40H47N/c1-37(2)21-22-39(5,6)35-26-28(17-20-33(35)37)27-15-18-30(19-16-27)41-31-12-9-11-29(25-31)32-13-10-14-34-36(32)40(7,8)24-23-38(34,3)4/h9-20,25-26,41H,21-24H2,1-8H3. The van der Waals surface area contributed by atoms with E-state index in [4.69, 9.17) is 0 Å². The third kappa shape index (κ3) is 5.03. The molecule has 0 heterocycles. The van der Waals surface area contributed by atoms with Gasteiger partial charge in [-0.1, -0.05) is 116 Å². The van der Waals surface area contributed by atoms with Crippen molar-refractivity contribution in [2.24, 2.45) is 0 Å². The second-order valence-corrected chi connectivity index (χ2v) is 15.3. The monoisotopic (exact) mass is 541 g/mol. The van der Waals surface area contributed by atoms with Crippen molar-refractivity contribution < 1.29 is 0 Å². The summed E-state index contributed by atoms with van der Waals surface area (Å²) < 4.78 is 0. The molecule has 1 heteroatoms. The van der Waals surface area contributed by atoms with Crippen LogP contribution in [-0.2, 0) is 21.7 Å². The third-order valence-electron chi connectivity index (χ3n) is 10.4.